The van der Waals surface area contributed by atoms with Gasteiger partial charge in [-0.25, -0.2) is 5.43 Å². The lowest BCUT2D eigenvalue weighted by Gasteiger charge is -2.10. The molecule has 4 rings (SSSR count). The van der Waals surface area contributed by atoms with Gasteiger partial charge in [0.15, 0.2) is 11.5 Å². The molecule has 3 aromatic rings. The van der Waals surface area contributed by atoms with Crippen LogP contribution in [-0.2, 0) is 4.79 Å². The second kappa shape index (κ2) is 10.1. The van der Waals surface area contributed by atoms with Crippen LogP contribution in [0.1, 0.15) is 28.4 Å². The number of phenols is 1. The number of hydrogen-bond acceptors (Lipinski definition) is 6. The molecule has 3 aromatic carbocycles. The summed E-state index contributed by atoms with van der Waals surface area (Å²) in [5.74, 6) is -0.0293. The highest BCUT2D eigenvalue weighted by Crippen LogP contribution is 2.33. The van der Waals surface area contributed by atoms with Crippen LogP contribution in [0.25, 0.3) is 6.08 Å². The number of nitrogens with one attached hydrogen (secondary N) is 2. The lowest BCUT2D eigenvalue weighted by Crippen LogP contribution is -2.33. The molecule has 0 aromatic heterocycles. The minimum atomic E-state index is -0.664. The minimum absolute atomic E-state index is 0.0339. The van der Waals surface area contributed by atoms with Crippen LogP contribution in [0, 0.1) is 0 Å². The van der Waals surface area contributed by atoms with Gasteiger partial charge in [0, 0.05) is 16.1 Å². The molecule has 1 heterocycles. The molecule has 2 amide bonds. The van der Waals surface area contributed by atoms with Crippen LogP contribution in [0.15, 0.2) is 77.5 Å². The second-order valence-corrected chi connectivity index (χ2v) is 7.73. The number of aromatic hydroxyl groups is 1. The first-order valence-electron chi connectivity index (χ1n) is 10.2. The number of rotatable bonds is 6. The highest BCUT2D eigenvalue weighted by molar-refractivity contribution is 6.31. The Morgan fingerprint density at radius 3 is 2.59 bits per heavy atom. The number of ether oxygens (including phenoxy) is 2. The lowest BCUT2D eigenvalue weighted by molar-refractivity contribution is -0.117. The summed E-state index contributed by atoms with van der Waals surface area (Å²) in [6.07, 6.45) is 1.50. The molecule has 34 heavy (non-hydrogen) atoms. The van der Waals surface area contributed by atoms with Gasteiger partial charge in [0.1, 0.15) is 11.4 Å². The molecule has 8 nitrogen and oxygen atoms in total. The lowest BCUT2D eigenvalue weighted by atomic mass is 10.1. The maximum absolute atomic E-state index is 13.0. The van der Waals surface area contributed by atoms with E-state index >= 15 is 0 Å². The number of hydrazone groups is 1. The number of benzene rings is 3. The maximum Gasteiger partial charge on any atom is 0.287 e. The quantitative estimate of drug-likeness (QED) is 0.281. The molecule has 3 N–H and O–H groups in total. The Labute approximate surface area is 200 Å². The molecule has 172 valence electrons. The second-order valence-electron chi connectivity index (χ2n) is 7.29. The predicted molar refractivity (Wildman–Crippen MR) is 128 cm³/mol. The summed E-state index contributed by atoms with van der Waals surface area (Å²) >= 11 is 5.99. The number of phenolic OH excluding ortho intramolecular Hbond substituents is 1. The minimum Gasteiger partial charge on any atom is -0.507 e. The summed E-state index contributed by atoms with van der Waals surface area (Å²) < 4.78 is 10.7. The molecule has 0 aliphatic carbocycles. The van der Waals surface area contributed by atoms with E-state index in [9.17, 15) is 14.7 Å². The molecule has 0 spiro atoms. The molecule has 0 unspecified atom stereocenters. The van der Waals surface area contributed by atoms with Crippen LogP contribution in [0.3, 0.4) is 0 Å². The van der Waals surface area contributed by atoms with E-state index in [1.807, 2.05) is 0 Å². The topological polar surface area (TPSA) is 109 Å². The molecule has 0 saturated heterocycles. The molecule has 0 fully saturated rings. The highest BCUT2D eigenvalue weighted by Gasteiger charge is 2.17. The van der Waals surface area contributed by atoms with Crippen molar-refractivity contribution in [2.24, 2.45) is 5.10 Å². The zero-order chi connectivity index (χ0) is 24.1. The Bertz CT molecular complexity index is 1310. The summed E-state index contributed by atoms with van der Waals surface area (Å²) in [6.45, 7) is 1.72. The predicted octanol–water partition coefficient (Wildman–Crippen LogP) is 4.09. The van der Waals surface area contributed by atoms with Gasteiger partial charge in [-0.15, -0.1) is 0 Å². The smallest absolute Gasteiger partial charge is 0.287 e. The third-order valence-electron chi connectivity index (χ3n) is 4.91. The van der Waals surface area contributed by atoms with E-state index in [2.05, 4.69) is 15.8 Å². The fraction of sp³-hybridized carbons (Fsp3) is 0.0800. The monoisotopic (exact) mass is 477 g/mol. The van der Waals surface area contributed by atoms with Crippen LogP contribution < -0.4 is 20.2 Å². The van der Waals surface area contributed by atoms with Crippen molar-refractivity contribution in [3.8, 4) is 17.2 Å². The molecule has 1 aliphatic heterocycles. The van der Waals surface area contributed by atoms with Gasteiger partial charge in [-0.1, -0.05) is 35.9 Å². The summed E-state index contributed by atoms with van der Waals surface area (Å²) in [5.41, 5.74) is 4.05. The first-order valence-corrected chi connectivity index (χ1v) is 10.6. The molecule has 0 saturated carbocycles. The van der Waals surface area contributed by atoms with E-state index in [0.29, 0.717) is 38.9 Å². The van der Waals surface area contributed by atoms with E-state index < -0.39 is 11.8 Å². The maximum atomic E-state index is 13.0. The SMILES string of the molecule is C/C(=N\NC(=O)/C(=C/c1ccc2c(c1)OCO2)NC(=O)c1ccccc1)c1cc(Cl)ccc1O. The first-order chi connectivity index (χ1) is 16.4. The van der Waals surface area contributed by atoms with Crippen molar-refractivity contribution in [3.63, 3.8) is 0 Å². The third-order valence-corrected chi connectivity index (χ3v) is 5.15. The molecule has 9 heteroatoms. The largest absolute Gasteiger partial charge is 0.507 e. The number of carbonyl (C=O) groups excluding carboxylic acids is 2. The Hall–Kier alpha value is -4.30. The van der Waals surface area contributed by atoms with Gasteiger partial charge >= 0.3 is 0 Å². The van der Waals surface area contributed by atoms with Crippen molar-refractivity contribution in [2.45, 2.75) is 6.92 Å². The number of hydrogen-bond donors (Lipinski definition) is 3. The molecular weight excluding hydrogens is 458 g/mol. The fourth-order valence-corrected chi connectivity index (χ4v) is 3.34. The summed E-state index contributed by atoms with van der Waals surface area (Å²) in [5, 5.41) is 17.2. The third kappa shape index (κ3) is 5.36. The van der Waals surface area contributed by atoms with Gasteiger partial charge in [0.25, 0.3) is 11.8 Å². The number of fused-ring (bicyclic) bond motifs is 1. The van der Waals surface area contributed by atoms with Crippen molar-refractivity contribution in [2.75, 3.05) is 6.79 Å². The van der Waals surface area contributed by atoms with Crippen LogP contribution in [0.4, 0.5) is 0 Å². The Kier molecular flexibility index (Phi) is 6.79. The zero-order valence-electron chi connectivity index (χ0n) is 18.0. The Balaban J connectivity index is 1.61. The van der Waals surface area contributed by atoms with Gasteiger partial charge < -0.3 is 19.9 Å². The first kappa shape index (κ1) is 22.9. The van der Waals surface area contributed by atoms with Gasteiger partial charge in [-0.2, -0.15) is 5.10 Å². The summed E-state index contributed by atoms with van der Waals surface area (Å²) in [6, 6.07) is 18.1. The summed E-state index contributed by atoms with van der Waals surface area (Å²) in [7, 11) is 0. The van der Waals surface area contributed by atoms with Crippen molar-refractivity contribution >= 4 is 35.2 Å². The van der Waals surface area contributed by atoms with Gasteiger partial charge in [0.2, 0.25) is 6.79 Å². The van der Waals surface area contributed by atoms with Crippen molar-refractivity contribution in [1.82, 2.24) is 10.7 Å². The normalized spacial score (nSPS) is 12.9. The van der Waals surface area contributed by atoms with Gasteiger partial charge in [-0.05, 0) is 61.0 Å². The van der Waals surface area contributed by atoms with E-state index in [-0.39, 0.29) is 18.2 Å². The van der Waals surface area contributed by atoms with Crippen LogP contribution in [0.5, 0.6) is 17.2 Å². The Morgan fingerprint density at radius 2 is 1.79 bits per heavy atom. The van der Waals surface area contributed by atoms with Crippen LogP contribution >= 0.6 is 11.6 Å². The number of amides is 2. The molecular formula is C25H20ClN3O5. The molecule has 0 bridgehead atoms. The van der Waals surface area contributed by atoms with E-state index in [0.717, 1.165) is 0 Å². The van der Waals surface area contributed by atoms with Gasteiger partial charge in [-0.3, -0.25) is 9.59 Å². The van der Waals surface area contributed by atoms with E-state index in [1.165, 1.54) is 24.3 Å². The van der Waals surface area contributed by atoms with Crippen molar-refractivity contribution in [3.05, 3.63) is 94.1 Å². The average molecular weight is 478 g/mol. The van der Waals surface area contributed by atoms with Crippen LogP contribution in [0.2, 0.25) is 5.02 Å². The van der Waals surface area contributed by atoms with E-state index in [1.54, 1.807) is 55.5 Å². The highest BCUT2D eigenvalue weighted by atomic mass is 35.5. The number of nitrogens with zero attached hydrogens (tertiary/aromatic N) is 1. The standard InChI is InChI=1S/C25H20ClN3O5/c1-15(19-13-18(26)8-9-21(19)30)28-29-25(32)20(27-24(31)17-5-3-2-4-6-17)11-16-7-10-22-23(12-16)34-14-33-22/h2-13,30H,14H2,1H3,(H,27,31)(H,29,32)/b20-11-,28-15+. The molecule has 1 aliphatic rings. The average Bonchev–Trinajstić information content (AvgIpc) is 3.32. The van der Waals surface area contributed by atoms with Crippen LogP contribution in [-0.4, -0.2) is 29.4 Å². The molecule has 0 radical (unpaired) electrons. The zero-order valence-corrected chi connectivity index (χ0v) is 18.8. The number of carbonyl (C=O) groups is 2. The Morgan fingerprint density at radius 1 is 1.03 bits per heavy atom. The summed E-state index contributed by atoms with van der Waals surface area (Å²) in [4.78, 5) is 25.7. The number of halogens is 1. The van der Waals surface area contributed by atoms with E-state index in [4.69, 9.17) is 21.1 Å². The van der Waals surface area contributed by atoms with Crippen molar-refractivity contribution in [1.29, 1.82) is 0 Å². The van der Waals surface area contributed by atoms with Crippen molar-refractivity contribution < 1.29 is 24.2 Å². The van der Waals surface area contributed by atoms with Gasteiger partial charge in [0.05, 0.1) is 5.71 Å². The molecule has 0 atom stereocenters. The fourth-order valence-electron chi connectivity index (χ4n) is 3.17.